The maximum Gasteiger partial charge on any atom is 0.335 e. The van der Waals surface area contributed by atoms with Gasteiger partial charge in [0.1, 0.15) is 5.82 Å². The van der Waals surface area contributed by atoms with Crippen LogP contribution in [0.5, 0.6) is 0 Å². The van der Waals surface area contributed by atoms with Gasteiger partial charge in [0.05, 0.1) is 11.1 Å². The third-order valence-electron chi connectivity index (χ3n) is 2.34. The summed E-state index contributed by atoms with van der Waals surface area (Å²) in [6.45, 7) is 3.05. The number of carboxylic acids is 2. The zero-order chi connectivity index (χ0) is 11.7. The summed E-state index contributed by atoms with van der Waals surface area (Å²) < 4.78 is 0. The summed E-state index contributed by atoms with van der Waals surface area (Å²) in [7, 11) is 0. The molecule has 1 heterocycles. The molecular weight excluding hydrogens is 200 g/mol. The number of carbonyl (C=O) groups is 2. The van der Waals surface area contributed by atoms with Crippen molar-refractivity contribution in [3.05, 3.63) is 22.7 Å². The number of carboxylic acid groups (broad SMARTS) is 2. The van der Waals surface area contributed by atoms with Gasteiger partial charge in [0.25, 0.3) is 0 Å². The van der Waals surface area contributed by atoms with Crippen LogP contribution in [-0.2, 0) is 9.59 Å². The molecule has 0 spiro atoms. The number of nitrogens with one attached hydrogen (secondary N) is 1. The summed E-state index contributed by atoms with van der Waals surface area (Å²) in [6, 6.07) is 0. The van der Waals surface area contributed by atoms with E-state index < -0.39 is 17.9 Å². The van der Waals surface area contributed by atoms with Crippen molar-refractivity contribution in [1.82, 2.24) is 5.32 Å². The maximum atomic E-state index is 10.9. The second kappa shape index (κ2) is 3.64. The Hall–Kier alpha value is -1.98. The largest absolute Gasteiger partial charge is 0.478 e. The van der Waals surface area contributed by atoms with Gasteiger partial charge in [-0.3, -0.25) is 0 Å². The highest BCUT2D eigenvalue weighted by Crippen LogP contribution is 2.27. The molecule has 0 saturated heterocycles. The van der Waals surface area contributed by atoms with Gasteiger partial charge in [0.15, 0.2) is 0 Å². The molecule has 0 amide bonds. The van der Waals surface area contributed by atoms with Crippen molar-refractivity contribution in [2.75, 3.05) is 0 Å². The molecule has 1 aliphatic rings. The minimum Gasteiger partial charge on any atom is -0.478 e. The number of allylic oxidation sites excluding steroid dienone is 1. The van der Waals surface area contributed by atoms with Crippen molar-refractivity contribution in [3.63, 3.8) is 0 Å². The lowest BCUT2D eigenvalue weighted by Gasteiger charge is -2.24. The van der Waals surface area contributed by atoms with Crippen molar-refractivity contribution < 1.29 is 19.8 Å². The molecule has 82 valence electrons. The summed E-state index contributed by atoms with van der Waals surface area (Å²) in [6.07, 6.45) is 0. The minimum absolute atomic E-state index is 0.00231. The molecule has 0 aromatic heterocycles. The van der Waals surface area contributed by atoms with Gasteiger partial charge in [-0.2, -0.15) is 0 Å². The second-order valence-electron chi connectivity index (χ2n) is 3.32. The van der Waals surface area contributed by atoms with Gasteiger partial charge in [-0.1, -0.05) is 6.92 Å². The fourth-order valence-electron chi connectivity index (χ4n) is 1.69. The lowest BCUT2D eigenvalue weighted by molar-refractivity contribution is -0.134. The van der Waals surface area contributed by atoms with Crippen LogP contribution in [0.2, 0.25) is 0 Å². The van der Waals surface area contributed by atoms with Crippen LogP contribution in [0, 0.1) is 5.92 Å². The van der Waals surface area contributed by atoms with Gasteiger partial charge in [-0.05, 0) is 6.92 Å². The molecule has 0 radical (unpaired) electrons. The first-order valence-electron chi connectivity index (χ1n) is 4.30. The van der Waals surface area contributed by atoms with Crippen LogP contribution in [0.25, 0.3) is 0 Å². The Kier molecular flexibility index (Phi) is 2.69. The fraction of sp³-hybridized carbons (Fsp3) is 0.333. The molecule has 0 saturated carbocycles. The first kappa shape index (κ1) is 11.1. The average molecular weight is 212 g/mol. The minimum atomic E-state index is -1.21. The highest BCUT2D eigenvalue weighted by molar-refractivity contribution is 5.95. The quantitative estimate of drug-likeness (QED) is 0.506. The molecule has 6 nitrogen and oxygen atoms in total. The molecule has 5 N–H and O–H groups in total. The lowest BCUT2D eigenvalue weighted by Crippen LogP contribution is -2.34. The molecule has 6 heteroatoms. The van der Waals surface area contributed by atoms with E-state index >= 15 is 0 Å². The number of hydrogen-bond acceptors (Lipinski definition) is 4. The monoisotopic (exact) mass is 212 g/mol. The van der Waals surface area contributed by atoms with Crippen molar-refractivity contribution in [3.8, 4) is 0 Å². The predicted octanol–water partition coefficient (Wildman–Crippen LogP) is -0.161. The summed E-state index contributed by atoms with van der Waals surface area (Å²) >= 11 is 0. The zero-order valence-electron chi connectivity index (χ0n) is 8.37. The molecule has 1 rings (SSSR count). The topological polar surface area (TPSA) is 113 Å². The Morgan fingerprint density at radius 1 is 1.27 bits per heavy atom. The smallest absolute Gasteiger partial charge is 0.335 e. The van der Waals surface area contributed by atoms with E-state index in [1.165, 1.54) is 6.92 Å². The number of nitrogens with two attached hydrogens (primary N) is 1. The van der Waals surface area contributed by atoms with Crippen molar-refractivity contribution in [2.45, 2.75) is 13.8 Å². The van der Waals surface area contributed by atoms with E-state index in [0.29, 0.717) is 5.70 Å². The Morgan fingerprint density at radius 2 is 1.73 bits per heavy atom. The van der Waals surface area contributed by atoms with Crippen LogP contribution < -0.4 is 11.1 Å². The van der Waals surface area contributed by atoms with Crippen molar-refractivity contribution >= 4 is 11.9 Å². The third-order valence-corrected chi connectivity index (χ3v) is 2.34. The number of rotatable bonds is 2. The van der Waals surface area contributed by atoms with E-state index in [1.54, 1.807) is 6.92 Å². The molecule has 1 atom stereocenters. The molecule has 0 bridgehead atoms. The highest BCUT2D eigenvalue weighted by Gasteiger charge is 2.32. The van der Waals surface area contributed by atoms with Crippen LogP contribution in [0.3, 0.4) is 0 Å². The Morgan fingerprint density at radius 3 is 2.13 bits per heavy atom. The Labute approximate surface area is 86.1 Å². The zero-order valence-corrected chi connectivity index (χ0v) is 8.37. The summed E-state index contributed by atoms with van der Waals surface area (Å²) in [5, 5.41) is 20.3. The van der Waals surface area contributed by atoms with E-state index in [4.69, 9.17) is 15.9 Å². The van der Waals surface area contributed by atoms with Gasteiger partial charge in [-0.15, -0.1) is 0 Å². The molecule has 0 aliphatic carbocycles. The number of aliphatic carboxylic acids is 2. The van der Waals surface area contributed by atoms with Crippen LogP contribution in [0.4, 0.5) is 0 Å². The molecule has 15 heavy (non-hydrogen) atoms. The van der Waals surface area contributed by atoms with Crippen LogP contribution in [-0.4, -0.2) is 22.2 Å². The Balaban J connectivity index is 3.22. The van der Waals surface area contributed by atoms with E-state index in [9.17, 15) is 9.59 Å². The third kappa shape index (κ3) is 1.78. The van der Waals surface area contributed by atoms with Gasteiger partial charge in [0.2, 0.25) is 0 Å². The van der Waals surface area contributed by atoms with E-state index in [-0.39, 0.29) is 17.0 Å². The molecular formula is C9H12N2O4. The van der Waals surface area contributed by atoms with E-state index in [2.05, 4.69) is 5.32 Å². The standard InChI is InChI=1S/C9H12N2O4/c1-3-5(8(12)13)4(2)11-7(10)6(3)9(14)15/h3,11H,10H2,1-2H3,(H,12,13)(H,14,15). The van der Waals surface area contributed by atoms with Gasteiger partial charge >= 0.3 is 11.9 Å². The first-order chi connectivity index (χ1) is 6.86. The Bertz CT molecular complexity index is 359. The van der Waals surface area contributed by atoms with Crippen molar-refractivity contribution in [1.29, 1.82) is 0 Å². The van der Waals surface area contributed by atoms with Crippen LogP contribution >= 0.6 is 0 Å². The lowest BCUT2D eigenvalue weighted by atomic mass is 9.88. The summed E-state index contributed by atoms with van der Waals surface area (Å²) in [4.78, 5) is 21.8. The predicted molar refractivity (Wildman–Crippen MR) is 51.5 cm³/mol. The fourth-order valence-corrected chi connectivity index (χ4v) is 1.69. The maximum absolute atomic E-state index is 10.9. The first-order valence-corrected chi connectivity index (χ1v) is 4.30. The molecule has 0 aromatic rings. The normalized spacial score (nSPS) is 21.3. The van der Waals surface area contributed by atoms with E-state index in [1.807, 2.05) is 0 Å². The second-order valence-corrected chi connectivity index (χ2v) is 3.32. The molecule has 1 aliphatic heterocycles. The summed E-state index contributed by atoms with van der Waals surface area (Å²) in [5.74, 6) is -3.07. The van der Waals surface area contributed by atoms with Crippen molar-refractivity contribution in [2.24, 2.45) is 11.7 Å². The van der Waals surface area contributed by atoms with Crippen LogP contribution in [0.1, 0.15) is 13.8 Å². The van der Waals surface area contributed by atoms with Gasteiger partial charge < -0.3 is 21.3 Å². The van der Waals surface area contributed by atoms with E-state index in [0.717, 1.165) is 0 Å². The molecule has 0 aromatic carbocycles. The number of dihydropyridines is 1. The SMILES string of the molecule is CC1=C(C(=O)O)C(C)C(C(=O)O)=C(N)N1. The summed E-state index contributed by atoms with van der Waals surface area (Å²) in [5.41, 5.74) is 5.77. The number of hydrogen-bond donors (Lipinski definition) is 4. The van der Waals surface area contributed by atoms with Crippen LogP contribution in [0.15, 0.2) is 22.7 Å². The van der Waals surface area contributed by atoms with Gasteiger partial charge in [-0.25, -0.2) is 9.59 Å². The highest BCUT2D eigenvalue weighted by atomic mass is 16.4. The molecule has 0 fully saturated rings. The van der Waals surface area contributed by atoms with Gasteiger partial charge in [0, 0.05) is 11.6 Å². The average Bonchev–Trinajstić information content (AvgIpc) is 1.99. The molecule has 1 unspecified atom stereocenters.